The van der Waals surface area contributed by atoms with Gasteiger partial charge in [0.15, 0.2) is 0 Å². The molecule has 2 aromatic carbocycles. The SMILES string of the molecule is COc1ccc(NC(=O)/C=C/c2cccs2)cc1NS(=O)(=O)c1ccc(F)cc1. The molecule has 0 aliphatic carbocycles. The van der Waals surface area contributed by atoms with E-state index in [9.17, 15) is 17.6 Å². The van der Waals surface area contributed by atoms with Crippen molar-refractivity contribution in [3.8, 4) is 5.75 Å². The van der Waals surface area contributed by atoms with Gasteiger partial charge >= 0.3 is 0 Å². The number of carbonyl (C=O) groups excluding carboxylic acids is 1. The van der Waals surface area contributed by atoms with Crippen molar-refractivity contribution in [3.63, 3.8) is 0 Å². The number of thiophene rings is 1. The standard InChI is InChI=1S/C20H17FN2O4S2/c1-27-19-10-6-15(22-20(24)11-7-16-3-2-12-28-16)13-18(19)23-29(25,26)17-8-4-14(21)5-9-17/h2-13,23H,1H3,(H,22,24)/b11-7+. The fourth-order valence-corrected chi connectivity index (χ4v) is 4.09. The number of hydrogen-bond acceptors (Lipinski definition) is 5. The van der Waals surface area contributed by atoms with Gasteiger partial charge in [0.05, 0.1) is 17.7 Å². The number of anilines is 2. The molecule has 2 N–H and O–H groups in total. The molecule has 0 atom stereocenters. The summed E-state index contributed by atoms with van der Waals surface area (Å²) in [6.07, 6.45) is 3.07. The van der Waals surface area contributed by atoms with Crippen molar-refractivity contribution in [2.45, 2.75) is 4.90 Å². The molecule has 9 heteroatoms. The number of amides is 1. The lowest BCUT2D eigenvalue weighted by molar-refractivity contribution is -0.111. The Morgan fingerprint density at radius 2 is 1.90 bits per heavy atom. The summed E-state index contributed by atoms with van der Waals surface area (Å²) in [6, 6.07) is 12.7. The van der Waals surface area contributed by atoms with Gasteiger partial charge in [-0.2, -0.15) is 0 Å². The van der Waals surface area contributed by atoms with Crippen LogP contribution in [-0.4, -0.2) is 21.4 Å². The van der Waals surface area contributed by atoms with Crippen molar-refractivity contribution in [2.24, 2.45) is 0 Å². The minimum Gasteiger partial charge on any atom is -0.495 e. The second-order valence-corrected chi connectivity index (χ2v) is 8.47. The quantitative estimate of drug-likeness (QED) is 0.544. The molecule has 1 aromatic heterocycles. The Bertz CT molecular complexity index is 1130. The molecule has 1 amide bonds. The van der Waals surface area contributed by atoms with Gasteiger partial charge in [0, 0.05) is 16.6 Å². The monoisotopic (exact) mass is 432 g/mol. The van der Waals surface area contributed by atoms with Crippen LogP contribution < -0.4 is 14.8 Å². The van der Waals surface area contributed by atoms with E-state index in [2.05, 4.69) is 10.0 Å². The smallest absolute Gasteiger partial charge is 0.262 e. The molecule has 0 saturated heterocycles. The zero-order chi connectivity index (χ0) is 20.9. The summed E-state index contributed by atoms with van der Waals surface area (Å²) in [5.74, 6) is -0.638. The zero-order valence-electron chi connectivity index (χ0n) is 15.3. The van der Waals surface area contributed by atoms with Crippen molar-refractivity contribution in [2.75, 3.05) is 17.1 Å². The molecule has 0 radical (unpaired) electrons. The highest BCUT2D eigenvalue weighted by Crippen LogP contribution is 2.30. The summed E-state index contributed by atoms with van der Waals surface area (Å²) in [5.41, 5.74) is 0.514. The Labute approximate surface area is 171 Å². The van der Waals surface area contributed by atoms with Gasteiger partial charge in [0.25, 0.3) is 10.0 Å². The van der Waals surface area contributed by atoms with Crippen LogP contribution in [0.25, 0.3) is 6.08 Å². The molecule has 1 heterocycles. The fourth-order valence-electron chi connectivity index (χ4n) is 2.41. The van der Waals surface area contributed by atoms with Gasteiger partial charge in [-0.05, 0) is 60.0 Å². The number of sulfonamides is 1. The van der Waals surface area contributed by atoms with Crippen molar-refractivity contribution in [3.05, 3.63) is 76.7 Å². The van der Waals surface area contributed by atoms with Crippen LogP contribution in [0.4, 0.5) is 15.8 Å². The van der Waals surface area contributed by atoms with Crippen LogP contribution in [0.1, 0.15) is 4.88 Å². The normalized spacial score (nSPS) is 11.4. The van der Waals surface area contributed by atoms with Gasteiger partial charge in [-0.1, -0.05) is 6.07 Å². The van der Waals surface area contributed by atoms with Crippen LogP contribution in [0.2, 0.25) is 0 Å². The minimum atomic E-state index is -3.97. The van der Waals surface area contributed by atoms with Crippen LogP contribution >= 0.6 is 11.3 Å². The van der Waals surface area contributed by atoms with E-state index < -0.39 is 15.8 Å². The highest BCUT2D eigenvalue weighted by atomic mass is 32.2. The lowest BCUT2D eigenvalue weighted by atomic mass is 10.2. The molecule has 0 aliphatic heterocycles. The Morgan fingerprint density at radius 3 is 2.55 bits per heavy atom. The third kappa shape index (κ3) is 5.43. The highest BCUT2D eigenvalue weighted by Gasteiger charge is 2.17. The first-order chi connectivity index (χ1) is 13.9. The van der Waals surface area contributed by atoms with E-state index in [1.54, 1.807) is 12.1 Å². The molecule has 0 bridgehead atoms. The van der Waals surface area contributed by atoms with Crippen molar-refractivity contribution in [1.29, 1.82) is 0 Å². The van der Waals surface area contributed by atoms with Gasteiger partial charge < -0.3 is 10.1 Å². The first-order valence-electron chi connectivity index (χ1n) is 8.36. The van der Waals surface area contributed by atoms with Gasteiger partial charge in [-0.25, -0.2) is 12.8 Å². The van der Waals surface area contributed by atoms with Gasteiger partial charge in [-0.3, -0.25) is 9.52 Å². The molecule has 0 unspecified atom stereocenters. The van der Waals surface area contributed by atoms with Crippen molar-refractivity contribution in [1.82, 2.24) is 0 Å². The van der Waals surface area contributed by atoms with E-state index in [1.165, 1.54) is 36.7 Å². The molecular formula is C20H17FN2O4S2. The molecule has 0 aliphatic rings. The molecule has 0 saturated carbocycles. The van der Waals surface area contributed by atoms with Crippen LogP contribution in [0.5, 0.6) is 5.75 Å². The number of hydrogen-bond donors (Lipinski definition) is 2. The number of methoxy groups -OCH3 is 1. The first kappa shape index (κ1) is 20.6. The maximum absolute atomic E-state index is 13.1. The fraction of sp³-hybridized carbons (Fsp3) is 0.0500. The average Bonchev–Trinajstić information content (AvgIpc) is 3.20. The third-order valence-electron chi connectivity index (χ3n) is 3.78. The Hall–Kier alpha value is -3.17. The molecule has 0 fully saturated rings. The van der Waals surface area contributed by atoms with Crippen molar-refractivity contribution < 1.29 is 22.3 Å². The number of ether oxygens (including phenoxy) is 1. The van der Waals surface area contributed by atoms with Gasteiger partial charge in [-0.15, -0.1) is 11.3 Å². The Kier molecular flexibility index (Phi) is 6.30. The Balaban J connectivity index is 1.79. The second kappa shape index (κ2) is 8.89. The summed E-state index contributed by atoms with van der Waals surface area (Å²) in [4.78, 5) is 12.9. The summed E-state index contributed by atoms with van der Waals surface area (Å²) in [5, 5.41) is 4.57. The predicted molar refractivity (Wildman–Crippen MR) is 112 cm³/mol. The second-order valence-electron chi connectivity index (χ2n) is 5.81. The van der Waals surface area contributed by atoms with Crippen LogP contribution in [-0.2, 0) is 14.8 Å². The maximum Gasteiger partial charge on any atom is 0.262 e. The predicted octanol–water partition coefficient (Wildman–Crippen LogP) is 4.35. The third-order valence-corrected chi connectivity index (χ3v) is 6.00. The lowest BCUT2D eigenvalue weighted by Crippen LogP contribution is -2.14. The van der Waals surface area contributed by atoms with Crippen LogP contribution in [0.3, 0.4) is 0 Å². The number of nitrogens with one attached hydrogen (secondary N) is 2. The molecule has 3 rings (SSSR count). The molecule has 3 aromatic rings. The van der Waals surface area contributed by atoms with E-state index >= 15 is 0 Å². The molecule has 6 nitrogen and oxygen atoms in total. The molecule has 150 valence electrons. The maximum atomic E-state index is 13.1. The van der Waals surface area contributed by atoms with E-state index in [4.69, 9.17) is 4.74 Å². The van der Waals surface area contributed by atoms with E-state index in [0.29, 0.717) is 5.69 Å². The first-order valence-corrected chi connectivity index (χ1v) is 10.7. The van der Waals surface area contributed by atoms with Crippen LogP contribution in [0, 0.1) is 5.82 Å². The molecule has 29 heavy (non-hydrogen) atoms. The lowest BCUT2D eigenvalue weighted by Gasteiger charge is -2.13. The summed E-state index contributed by atoms with van der Waals surface area (Å²) >= 11 is 1.50. The van der Waals surface area contributed by atoms with Crippen LogP contribution in [0.15, 0.2) is 70.9 Å². The van der Waals surface area contributed by atoms with Gasteiger partial charge in [0.1, 0.15) is 11.6 Å². The zero-order valence-corrected chi connectivity index (χ0v) is 16.9. The van der Waals surface area contributed by atoms with E-state index in [0.717, 1.165) is 29.1 Å². The topological polar surface area (TPSA) is 84.5 Å². The largest absolute Gasteiger partial charge is 0.495 e. The summed E-state index contributed by atoms with van der Waals surface area (Å²) in [6.45, 7) is 0. The van der Waals surface area contributed by atoms with Gasteiger partial charge in [0.2, 0.25) is 5.91 Å². The number of halogens is 1. The van der Waals surface area contributed by atoms with Crippen molar-refractivity contribution >= 4 is 44.7 Å². The number of rotatable bonds is 7. The van der Waals surface area contributed by atoms with E-state index in [1.807, 2.05) is 17.5 Å². The summed E-state index contributed by atoms with van der Waals surface area (Å²) in [7, 11) is -2.57. The van der Waals surface area contributed by atoms with E-state index in [-0.39, 0.29) is 22.2 Å². The average molecular weight is 432 g/mol. The molecule has 0 spiro atoms. The number of benzene rings is 2. The summed E-state index contributed by atoms with van der Waals surface area (Å²) < 4.78 is 45.8. The molecular weight excluding hydrogens is 415 g/mol. The highest BCUT2D eigenvalue weighted by molar-refractivity contribution is 7.92. The Morgan fingerprint density at radius 1 is 1.14 bits per heavy atom. The minimum absolute atomic E-state index is 0.103. The number of carbonyl (C=O) groups is 1.